The van der Waals surface area contributed by atoms with Crippen molar-refractivity contribution in [3.63, 3.8) is 0 Å². The lowest BCUT2D eigenvalue weighted by Crippen LogP contribution is -2.36. The number of likely N-dealkylation sites (N-methyl/N-ethyl adjacent to an activating group) is 1. The molecule has 2 heterocycles. The second kappa shape index (κ2) is 7.75. The third-order valence-corrected chi connectivity index (χ3v) is 6.11. The molecule has 0 aromatic carbocycles. The average molecular weight is 308 g/mol. The summed E-state index contributed by atoms with van der Waals surface area (Å²) in [6.45, 7) is 4.31. The van der Waals surface area contributed by atoms with Crippen LogP contribution in [0.3, 0.4) is 0 Å². The van der Waals surface area contributed by atoms with Gasteiger partial charge in [0.25, 0.3) is 0 Å². The summed E-state index contributed by atoms with van der Waals surface area (Å²) in [5.41, 5.74) is 1.65. The van der Waals surface area contributed by atoms with Gasteiger partial charge in [0.2, 0.25) is 0 Å². The maximum atomic E-state index is 5.77. The Morgan fingerprint density at radius 1 is 1.38 bits per heavy atom. The van der Waals surface area contributed by atoms with Gasteiger partial charge >= 0.3 is 0 Å². The van der Waals surface area contributed by atoms with E-state index in [0.717, 1.165) is 19.1 Å². The number of rotatable bonds is 7. The Kier molecular flexibility index (Phi) is 5.73. The molecule has 21 heavy (non-hydrogen) atoms. The number of aryl methyl sites for hydroxylation is 1. The monoisotopic (exact) mass is 307 g/mol. The lowest BCUT2D eigenvalue weighted by atomic mass is 9.80. The van der Waals surface area contributed by atoms with Gasteiger partial charge in [-0.3, -0.25) is 0 Å². The van der Waals surface area contributed by atoms with Crippen LogP contribution < -0.4 is 5.32 Å². The SMILES string of the molecule is CCNC(CCCC1CCCO1)C1CCCc2sccc21. The zero-order valence-corrected chi connectivity index (χ0v) is 14.1. The molecule has 1 fully saturated rings. The highest BCUT2D eigenvalue weighted by atomic mass is 32.1. The molecule has 1 aromatic heterocycles. The summed E-state index contributed by atoms with van der Waals surface area (Å²) in [6.07, 6.45) is 11.0. The first-order chi connectivity index (χ1) is 10.4. The van der Waals surface area contributed by atoms with Crippen molar-refractivity contribution in [1.29, 1.82) is 0 Å². The summed E-state index contributed by atoms with van der Waals surface area (Å²) in [7, 11) is 0. The Hall–Kier alpha value is -0.380. The van der Waals surface area contributed by atoms with Crippen molar-refractivity contribution in [2.24, 2.45) is 0 Å². The lowest BCUT2D eigenvalue weighted by molar-refractivity contribution is 0.101. The van der Waals surface area contributed by atoms with E-state index >= 15 is 0 Å². The third-order valence-electron chi connectivity index (χ3n) is 5.12. The standard InChI is InChI=1S/C18H29NOS/c1-2-19-17(9-3-6-14-7-5-12-20-14)15-8-4-10-18-16(15)11-13-21-18/h11,13-15,17,19H,2-10,12H2,1H3. The number of thiophene rings is 1. The van der Waals surface area contributed by atoms with Crippen molar-refractivity contribution in [3.8, 4) is 0 Å². The number of hydrogen-bond donors (Lipinski definition) is 1. The van der Waals surface area contributed by atoms with Crippen molar-refractivity contribution in [2.75, 3.05) is 13.2 Å². The topological polar surface area (TPSA) is 21.3 Å². The molecule has 3 rings (SSSR count). The van der Waals surface area contributed by atoms with E-state index < -0.39 is 0 Å². The van der Waals surface area contributed by atoms with Crippen molar-refractivity contribution >= 4 is 11.3 Å². The van der Waals surface area contributed by atoms with Gasteiger partial charge in [-0.15, -0.1) is 11.3 Å². The van der Waals surface area contributed by atoms with Gasteiger partial charge < -0.3 is 10.1 Å². The molecule has 1 aromatic rings. The fourth-order valence-electron chi connectivity index (χ4n) is 4.09. The summed E-state index contributed by atoms with van der Waals surface area (Å²) in [6, 6.07) is 3.04. The highest BCUT2D eigenvalue weighted by molar-refractivity contribution is 7.10. The van der Waals surface area contributed by atoms with E-state index in [4.69, 9.17) is 4.74 Å². The number of hydrogen-bond acceptors (Lipinski definition) is 3. The Labute approximate surface area is 133 Å². The number of ether oxygens (including phenoxy) is 1. The highest BCUT2D eigenvalue weighted by Crippen LogP contribution is 2.38. The van der Waals surface area contributed by atoms with Crippen molar-refractivity contribution in [1.82, 2.24) is 5.32 Å². The van der Waals surface area contributed by atoms with Crippen LogP contribution in [-0.4, -0.2) is 25.3 Å². The molecule has 2 aliphatic rings. The normalized spacial score (nSPS) is 26.7. The molecule has 2 nitrogen and oxygen atoms in total. The van der Waals surface area contributed by atoms with Crippen LogP contribution in [0, 0.1) is 0 Å². The second-order valence-electron chi connectivity index (χ2n) is 6.53. The molecular formula is C18H29NOS. The van der Waals surface area contributed by atoms with Gasteiger partial charge in [-0.05, 0) is 74.9 Å². The Morgan fingerprint density at radius 3 is 3.14 bits per heavy atom. The predicted octanol–water partition coefficient (Wildman–Crippen LogP) is 4.50. The maximum absolute atomic E-state index is 5.77. The number of nitrogens with one attached hydrogen (secondary N) is 1. The van der Waals surface area contributed by atoms with E-state index in [1.807, 2.05) is 11.3 Å². The van der Waals surface area contributed by atoms with Gasteiger partial charge in [0.1, 0.15) is 0 Å². The minimum Gasteiger partial charge on any atom is -0.378 e. The highest BCUT2D eigenvalue weighted by Gasteiger charge is 2.28. The molecule has 1 aliphatic heterocycles. The van der Waals surface area contributed by atoms with Gasteiger partial charge in [0.15, 0.2) is 0 Å². The van der Waals surface area contributed by atoms with Crippen LogP contribution in [0.1, 0.15) is 68.2 Å². The number of fused-ring (bicyclic) bond motifs is 1. The molecule has 0 saturated carbocycles. The first-order valence-electron chi connectivity index (χ1n) is 8.79. The van der Waals surface area contributed by atoms with Gasteiger partial charge in [0.05, 0.1) is 6.10 Å². The van der Waals surface area contributed by atoms with E-state index in [-0.39, 0.29) is 0 Å². The molecular weight excluding hydrogens is 278 g/mol. The first-order valence-corrected chi connectivity index (χ1v) is 9.67. The quantitative estimate of drug-likeness (QED) is 0.801. The average Bonchev–Trinajstić information content (AvgIpc) is 3.17. The van der Waals surface area contributed by atoms with Crippen LogP contribution in [0.15, 0.2) is 11.4 Å². The molecule has 0 spiro atoms. The third kappa shape index (κ3) is 3.88. The largest absolute Gasteiger partial charge is 0.378 e. The molecule has 1 N–H and O–H groups in total. The Balaban J connectivity index is 1.56. The van der Waals surface area contributed by atoms with Crippen LogP contribution in [-0.2, 0) is 11.2 Å². The lowest BCUT2D eigenvalue weighted by Gasteiger charge is -2.31. The van der Waals surface area contributed by atoms with E-state index in [9.17, 15) is 0 Å². The summed E-state index contributed by atoms with van der Waals surface area (Å²) >= 11 is 1.96. The first kappa shape index (κ1) is 15.5. The molecule has 0 radical (unpaired) electrons. The summed E-state index contributed by atoms with van der Waals surface area (Å²) < 4.78 is 5.77. The second-order valence-corrected chi connectivity index (χ2v) is 7.53. The zero-order valence-electron chi connectivity index (χ0n) is 13.3. The molecule has 3 unspecified atom stereocenters. The summed E-state index contributed by atoms with van der Waals surface area (Å²) in [5.74, 6) is 0.740. The summed E-state index contributed by atoms with van der Waals surface area (Å²) in [4.78, 5) is 1.65. The van der Waals surface area contributed by atoms with Crippen LogP contribution in [0.4, 0.5) is 0 Å². The minimum absolute atomic E-state index is 0.551. The van der Waals surface area contributed by atoms with Crippen LogP contribution in [0.25, 0.3) is 0 Å². The summed E-state index contributed by atoms with van der Waals surface area (Å²) in [5, 5.41) is 6.06. The molecule has 3 heteroatoms. The molecule has 0 amide bonds. The molecule has 1 saturated heterocycles. The van der Waals surface area contributed by atoms with Gasteiger partial charge in [0, 0.05) is 23.4 Å². The van der Waals surface area contributed by atoms with E-state index in [1.165, 1.54) is 51.4 Å². The Morgan fingerprint density at radius 2 is 2.33 bits per heavy atom. The van der Waals surface area contributed by atoms with Gasteiger partial charge in [-0.25, -0.2) is 0 Å². The fraction of sp³-hybridized carbons (Fsp3) is 0.778. The van der Waals surface area contributed by atoms with E-state index in [0.29, 0.717) is 12.1 Å². The van der Waals surface area contributed by atoms with Crippen molar-refractivity contribution in [3.05, 3.63) is 21.9 Å². The van der Waals surface area contributed by atoms with Gasteiger partial charge in [-0.1, -0.05) is 6.92 Å². The fourth-order valence-corrected chi connectivity index (χ4v) is 5.08. The van der Waals surface area contributed by atoms with E-state index in [1.54, 1.807) is 10.4 Å². The van der Waals surface area contributed by atoms with Crippen LogP contribution in [0.5, 0.6) is 0 Å². The molecule has 118 valence electrons. The van der Waals surface area contributed by atoms with Crippen LogP contribution in [0.2, 0.25) is 0 Å². The van der Waals surface area contributed by atoms with Crippen LogP contribution >= 0.6 is 11.3 Å². The smallest absolute Gasteiger partial charge is 0.0576 e. The van der Waals surface area contributed by atoms with Crippen molar-refractivity contribution in [2.45, 2.75) is 76.4 Å². The zero-order chi connectivity index (χ0) is 14.5. The molecule has 0 bridgehead atoms. The van der Waals surface area contributed by atoms with E-state index in [2.05, 4.69) is 23.7 Å². The predicted molar refractivity (Wildman–Crippen MR) is 90.3 cm³/mol. The molecule has 3 atom stereocenters. The van der Waals surface area contributed by atoms with Crippen molar-refractivity contribution < 1.29 is 4.74 Å². The Bertz CT molecular complexity index is 425. The molecule has 1 aliphatic carbocycles. The minimum atomic E-state index is 0.551. The van der Waals surface area contributed by atoms with Gasteiger partial charge in [-0.2, -0.15) is 0 Å². The maximum Gasteiger partial charge on any atom is 0.0576 e.